The monoisotopic (exact) mass is 251 g/mol. The van der Waals surface area contributed by atoms with Crippen LogP contribution < -0.4 is 5.73 Å². The van der Waals surface area contributed by atoms with Crippen molar-refractivity contribution in [2.45, 2.75) is 25.3 Å². The predicted molar refractivity (Wildman–Crippen MR) is 63.0 cm³/mol. The SMILES string of the molecule is NC(C1=CCCC1)c1cccc(Br)c1. The average Bonchev–Trinajstić information content (AvgIpc) is 2.69. The first-order valence-corrected chi connectivity index (χ1v) is 5.76. The fourth-order valence-corrected chi connectivity index (χ4v) is 2.31. The van der Waals surface area contributed by atoms with Crippen LogP contribution in [0.2, 0.25) is 0 Å². The van der Waals surface area contributed by atoms with E-state index in [1.807, 2.05) is 12.1 Å². The van der Waals surface area contributed by atoms with Gasteiger partial charge in [0, 0.05) is 4.47 Å². The van der Waals surface area contributed by atoms with Crippen molar-refractivity contribution in [1.82, 2.24) is 0 Å². The van der Waals surface area contributed by atoms with Crippen LogP contribution in [0.4, 0.5) is 0 Å². The van der Waals surface area contributed by atoms with E-state index >= 15 is 0 Å². The molecule has 0 amide bonds. The van der Waals surface area contributed by atoms with Crippen molar-refractivity contribution < 1.29 is 0 Å². The molecule has 2 N–H and O–H groups in total. The summed E-state index contributed by atoms with van der Waals surface area (Å²) in [6.45, 7) is 0. The molecule has 0 bridgehead atoms. The van der Waals surface area contributed by atoms with Gasteiger partial charge in [-0.25, -0.2) is 0 Å². The molecule has 2 heteroatoms. The summed E-state index contributed by atoms with van der Waals surface area (Å²) in [6, 6.07) is 8.35. The highest BCUT2D eigenvalue weighted by Gasteiger charge is 2.14. The first kappa shape index (κ1) is 9.94. The number of hydrogen-bond donors (Lipinski definition) is 1. The van der Waals surface area contributed by atoms with Crippen molar-refractivity contribution in [3.8, 4) is 0 Å². The lowest BCUT2D eigenvalue weighted by Crippen LogP contribution is -2.11. The molecule has 14 heavy (non-hydrogen) atoms. The van der Waals surface area contributed by atoms with Crippen LogP contribution in [0.3, 0.4) is 0 Å². The number of allylic oxidation sites excluding steroid dienone is 1. The molecular weight excluding hydrogens is 238 g/mol. The highest BCUT2D eigenvalue weighted by Crippen LogP contribution is 2.29. The fraction of sp³-hybridized carbons (Fsp3) is 0.333. The van der Waals surface area contributed by atoms with Gasteiger partial charge in [-0.3, -0.25) is 0 Å². The van der Waals surface area contributed by atoms with E-state index in [4.69, 9.17) is 5.73 Å². The summed E-state index contributed by atoms with van der Waals surface area (Å²) in [6.07, 6.45) is 5.90. The molecule has 1 nitrogen and oxygen atoms in total. The number of nitrogens with two attached hydrogens (primary N) is 1. The molecule has 0 spiro atoms. The molecule has 74 valence electrons. The van der Waals surface area contributed by atoms with Crippen molar-refractivity contribution in [2.75, 3.05) is 0 Å². The third-order valence-corrected chi connectivity index (χ3v) is 3.18. The van der Waals surface area contributed by atoms with Gasteiger partial charge in [0.05, 0.1) is 6.04 Å². The normalized spacial score (nSPS) is 18.0. The van der Waals surface area contributed by atoms with Crippen LogP contribution in [-0.4, -0.2) is 0 Å². The van der Waals surface area contributed by atoms with Crippen LogP contribution in [0.5, 0.6) is 0 Å². The van der Waals surface area contributed by atoms with Gasteiger partial charge in [-0.2, -0.15) is 0 Å². The van der Waals surface area contributed by atoms with Crippen LogP contribution in [0.25, 0.3) is 0 Å². The van der Waals surface area contributed by atoms with E-state index in [1.54, 1.807) is 0 Å². The molecule has 0 heterocycles. The van der Waals surface area contributed by atoms with Crippen molar-refractivity contribution in [3.63, 3.8) is 0 Å². The lowest BCUT2D eigenvalue weighted by atomic mass is 9.99. The van der Waals surface area contributed by atoms with Gasteiger partial charge in [-0.15, -0.1) is 0 Å². The molecule has 1 atom stereocenters. The Labute approximate surface area is 93.1 Å². The molecule has 0 radical (unpaired) electrons. The third kappa shape index (κ3) is 2.07. The maximum Gasteiger partial charge on any atom is 0.0511 e. The smallest absolute Gasteiger partial charge is 0.0511 e. The van der Waals surface area contributed by atoms with Gasteiger partial charge in [-0.05, 0) is 37.0 Å². The quantitative estimate of drug-likeness (QED) is 0.800. The van der Waals surface area contributed by atoms with Crippen LogP contribution >= 0.6 is 15.9 Å². The second kappa shape index (κ2) is 4.28. The van der Waals surface area contributed by atoms with Crippen LogP contribution in [0.15, 0.2) is 40.4 Å². The van der Waals surface area contributed by atoms with E-state index < -0.39 is 0 Å². The van der Waals surface area contributed by atoms with Gasteiger partial charge in [0.25, 0.3) is 0 Å². The fourth-order valence-electron chi connectivity index (χ4n) is 1.89. The van der Waals surface area contributed by atoms with Gasteiger partial charge in [0.2, 0.25) is 0 Å². The Balaban J connectivity index is 2.22. The highest BCUT2D eigenvalue weighted by atomic mass is 79.9. The molecular formula is C12H14BrN. The molecule has 0 fully saturated rings. The average molecular weight is 252 g/mol. The zero-order valence-corrected chi connectivity index (χ0v) is 9.63. The van der Waals surface area contributed by atoms with Crippen molar-refractivity contribution in [1.29, 1.82) is 0 Å². The molecule has 1 aliphatic carbocycles. The maximum atomic E-state index is 6.18. The van der Waals surface area contributed by atoms with E-state index in [0.29, 0.717) is 0 Å². The Morgan fingerprint density at radius 3 is 2.86 bits per heavy atom. The Morgan fingerprint density at radius 1 is 1.36 bits per heavy atom. The Bertz CT molecular complexity index is 357. The molecule has 1 aromatic carbocycles. The van der Waals surface area contributed by atoms with Gasteiger partial charge in [0.15, 0.2) is 0 Å². The first-order chi connectivity index (χ1) is 6.77. The molecule has 1 aliphatic rings. The minimum absolute atomic E-state index is 0.0926. The predicted octanol–water partition coefficient (Wildman–Crippen LogP) is 3.56. The van der Waals surface area contributed by atoms with Gasteiger partial charge < -0.3 is 5.73 Å². The minimum Gasteiger partial charge on any atom is -0.321 e. The minimum atomic E-state index is 0.0926. The maximum absolute atomic E-state index is 6.18. The van der Waals surface area contributed by atoms with Crippen molar-refractivity contribution in [3.05, 3.63) is 46.0 Å². The number of benzene rings is 1. The van der Waals surface area contributed by atoms with E-state index in [9.17, 15) is 0 Å². The summed E-state index contributed by atoms with van der Waals surface area (Å²) in [5, 5.41) is 0. The van der Waals surface area contributed by atoms with E-state index in [-0.39, 0.29) is 6.04 Å². The molecule has 1 unspecified atom stereocenters. The number of halogens is 1. The standard InChI is InChI=1S/C12H14BrN/c13-11-7-3-6-10(8-11)12(14)9-4-1-2-5-9/h3-4,6-8,12H,1-2,5,14H2. The molecule has 0 aliphatic heterocycles. The molecule has 0 saturated heterocycles. The lowest BCUT2D eigenvalue weighted by molar-refractivity contribution is 0.784. The van der Waals surface area contributed by atoms with Gasteiger partial charge >= 0.3 is 0 Å². The van der Waals surface area contributed by atoms with Gasteiger partial charge in [0.1, 0.15) is 0 Å². The third-order valence-electron chi connectivity index (χ3n) is 2.68. The summed E-state index contributed by atoms with van der Waals surface area (Å²) in [4.78, 5) is 0. The van der Waals surface area contributed by atoms with Crippen molar-refractivity contribution >= 4 is 15.9 Å². The summed E-state index contributed by atoms with van der Waals surface area (Å²) in [7, 11) is 0. The summed E-state index contributed by atoms with van der Waals surface area (Å²) >= 11 is 3.46. The largest absolute Gasteiger partial charge is 0.321 e. The zero-order valence-electron chi connectivity index (χ0n) is 8.04. The summed E-state index contributed by atoms with van der Waals surface area (Å²) in [5.41, 5.74) is 8.77. The number of hydrogen-bond acceptors (Lipinski definition) is 1. The molecule has 0 aromatic heterocycles. The van der Waals surface area contributed by atoms with Gasteiger partial charge in [-0.1, -0.05) is 39.7 Å². The van der Waals surface area contributed by atoms with E-state index in [2.05, 4.69) is 34.1 Å². The van der Waals surface area contributed by atoms with Crippen LogP contribution in [0.1, 0.15) is 30.9 Å². The molecule has 2 rings (SSSR count). The van der Waals surface area contributed by atoms with Crippen LogP contribution in [0, 0.1) is 0 Å². The second-order valence-corrected chi connectivity index (χ2v) is 4.62. The van der Waals surface area contributed by atoms with Crippen LogP contribution in [-0.2, 0) is 0 Å². The summed E-state index contributed by atoms with van der Waals surface area (Å²) in [5.74, 6) is 0. The zero-order chi connectivity index (χ0) is 9.97. The van der Waals surface area contributed by atoms with E-state index in [1.165, 1.54) is 24.0 Å². The number of rotatable bonds is 2. The lowest BCUT2D eigenvalue weighted by Gasteiger charge is -2.13. The Morgan fingerprint density at radius 2 is 2.21 bits per heavy atom. The first-order valence-electron chi connectivity index (χ1n) is 4.97. The molecule has 0 saturated carbocycles. The van der Waals surface area contributed by atoms with E-state index in [0.717, 1.165) is 10.9 Å². The Hall–Kier alpha value is -0.600. The highest BCUT2D eigenvalue weighted by molar-refractivity contribution is 9.10. The Kier molecular flexibility index (Phi) is 3.04. The molecule has 1 aromatic rings. The van der Waals surface area contributed by atoms with Crippen molar-refractivity contribution in [2.24, 2.45) is 5.73 Å². The summed E-state index contributed by atoms with van der Waals surface area (Å²) < 4.78 is 1.10. The topological polar surface area (TPSA) is 26.0 Å². The second-order valence-electron chi connectivity index (χ2n) is 3.70.